The van der Waals surface area contributed by atoms with Crippen LogP contribution in [0.5, 0.6) is 17.2 Å². The Morgan fingerprint density at radius 2 is 1.68 bits per heavy atom. The van der Waals surface area contributed by atoms with E-state index >= 15 is 0 Å². The molecule has 0 unspecified atom stereocenters. The van der Waals surface area contributed by atoms with Crippen LogP contribution in [0.1, 0.15) is 60.8 Å². The van der Waals surface area contributed by atoms with E-state index in [4.69, 9.17) is 14.2 Å². The summed E-state index contributed by atoms with van der Waals surface area (Å²) >= 11 is 1.38. The number of rotatable bonds is 7. The standard InChI is InChI=1S/C24H28N6O6S/c1-13-11-16(27-26-13)21(31)28-29-22(32)17-12-37-23(25-17)14-7-9-30(10-8-14)24(33)15-5-6-18(34-2)20(36-4)19(15)35-3/h5-6,11-12,14H,7-10H2,1-4H3,(H,26,27)(H,28,31)(H,29,32). The monoisotopic (exact) mass is 528 g/mol. The minimum Gasteiger partial charge on any atom is -0.493 e. The molecule has 1 aromatic carbocycles. The second-order valence-electron chi connectivity index (χ2n) is 8.36. The van der Waals surface area contributed by atoms with E-state index in [9.17, 15) is 14.4 Å². The number of hydrazine groups is 1. The largest absolute Gasteiger partial charge is 0.493 e. The maximum absolute atomic E-state index is 13.3. The number of aryl methyl sites for hydroxylation is 1. The summed E-state index contributed by atoms with van der Waals surface area (Å²) in [7, 11) is 4.51. The van der Waals surface area contributed by atoms with Crippen molar-refractivity contribution >= 4 is 29.1 Å². The maximum Gasteiger partial charge on any atom is 0.290 e. The summed E-state index contributed by atoms with van der Waals surface area (Å²) in [5, 5.41) is 8.98. The summed E-state index contributed by atoms with van der Waals surface area (Å²) < 4.78 is 16.2. The lowest BCUT2D eigenvalue weighted by atomic mass is 9.97. The average molecular weight is 529 g/mol. The van der Waals surface area contributed by atoms with E-state index in [1.807, 2.05) is 0 Å². The normalized spacial score (nSPS) is 13.7. The second kappa shape index (κ2) is 11.3. The highest BCUT2D eigenvalue weighted by Gasteiger charge is 2.30. The Kier molecular flexibility index (Phi) is 7.92. The van der Waals surface area contributed by atoms with Gasteiger partial charge in [0.05, 0.1) is 31.9 Å². The molecule has 0 bridgehead atoms. The molecule has 0 aliphatic carbocycles. The Bertz CT molecular complexity index is 1300. The quantitative estimate of drug-likeness (QED) is 0.396. The molecule has 3 heterocycles. The number of methoxy groups -OCH3 is 3. The molecule has 3 aromatic rings. The molecule has 1 aliphatic rings. The molecule has 0 radical (unpaired) electrons. The van der Waals surface area contributed by atoms with E-state index in [2.05, 4.69) is 26.0 Å². The first-order valence-electron chi connectivity index (χ1n) is 11.5. The molecule has 2 aromatic heterocycles. The van der Waals surface area contributed by atoms with Gasteiger partial charge in [0.25, 0.3) is 17.7 Å². The Balaban J connectivity index is 1.34. The summed E-state index contributed by atoms with van der Waals surface area (Å²) in [4.78, 5) is 44.0. The Labute approximate surface area is 217 Å². The van der Waals surface area contributed by atoms with Crippen molar-refractivity contribution in [2.75, 3.05) is 34.4 Å². The smallest absolute Gasteiger partial charge is 0.290 e. The lowest BCUT2D eigenvalue weighted by Gasteiger charge is -2.31. The van der Waals surface area contributed by atoms with Crippen molar-refractivity contribution in [3.05, 3.63) is 51.2 Å². The Morgan fingerprint density at radius 3 is 2.27 bits per heavy atom. The van der Waals surface area contributed by atoms with Gasteiger partial charge >= 0.3 is 0 Å². The van der Waals surface area contributed by atoms with Crippen molar-refractivity contribution in [3.8, 4) is 17.2 Å². The number of benzene rings is 1. The zero-order chi connectivity index (χ0) is 26.5. The van der Waals surface area contributed by atoms with E-state index in [0.29, 0.717) is 48.7 Å². The summed E-state index contributed by atoms with van der Waals surface area (Å²) in [6.07, 6.45) is 1.40. The molecule has 1 aliphatic heterocycles. The fraction of sp³-hybridized carbons (Fsp3) is 0.375. The number of aromatic amines is 1. The van der Waals surface area contributed by atoms with Gasteiger partial charge in [-0.1, -0.05) is 0 Å². The average Bonchev–Trinajstić information content (AvgIpc) is 3.60. The predicted octanol–water partition coefficient (Wildman–Crippen LogP) is 2.30. The van der Waals surface area contributed by atoms with Crippen LogP contribution in [0.25, 0.3) is 0 Å². The second-order valence-corrected chi connectivity index (χ2v) is 9.25. The highest BCUT2D eigenvalue weighted by Crippen LogP contribution is 2.40. The SMILES string of the molecule is COc1ccc(C(=O)N2CCC(c3nc(C(=O)NNC(=O)c4cc(C)[nH]n4)cs3)CC2)c(OC)c1OC. The van der Waals surface area contributed by atoms with Crippen LogP contribution in [0.15, 0.2) is 23.6 Å². The molecule has 3 N–H and O–H groups in total. The van der Waals surface area contributed by atoms with Crippen molar-refractivity contribution in [1.82, 2.24) is 30.9 Å². The molecule has 37 heavy (non-hydrogen) atoms. The fourth-order valence-electron chi connectivity index (χ4n) is 4.12. The summed E-state index contributed by atoms with van der Waals surface area (Å²) in [6, 6.07) is 4.93. The molecule has 0 spiro atoms. The number of hydrogen-bond donors (Lipinski definition) is 3. The van der Waals surface area contributed by atoms with Crippen molar-refractivity contribution < 1.29 is 28.6 Å². The van der Waals surface area contributed by atoms with Gasteiger partial charge in [-0.2, -0.15) is 5.10 Å². The Morgan fingerprint density at radius 1 is 1.00 bits per heavy atom. The van der Waals surface area contributed by atoms with E-state index in [-0.39, 0.29) is 23.2 Å². The maximum atomic E-state index is 13.3. The van der Waals surface area contributed by atoms with E-state index in [1.165, 1.54) is 32.7 Å². The number of nitrogens with zero attached hydrogens (tertiary/aromatic N) is 3. The van der Waals surface area contributed by atoms with Crippen LogP contribution < -0.4 is 25.1 Å². The molecule has 0 atom stereocenters. The number of likely N-dealkylation sites (tertiary alicyclic amines) is 1. The number of piperidine rings is 1. The van der Waals surface area contributed by atoms with Gasteiger partial charge in [-0.3, -0.25) is 30.3 Å². The zero-order valence-electron chi connectivity index (χ0n) is 20.9. The van der Waals surface area contributed by atoms with Gasteiger partial charge in [0.15, 0.2) is 17.2 Å². The molecule has 1 saturated heterocycles. The van der Waals surface area contributed by atoms with Gasteiger partial charge in [0, 0.05) is 30.1 Å². The minimum absolute atomic E-state index is 0.115. The summed E-state index contributed by atoms with van der Waals surface area (Å²) in [5.41, 5.74) is 6.21. The number of hydrogen-bond acceptors (Lipinski definition) is 9. The number of amides is 3. The molecule has 3 amide bonds. The molecule has 4 rings (SSSR count). The highest BCUT2D eigenvalue weighted by molar-refractivity contribution is 7.09. The third-order valence-electron chi connectivity index (χ3n) is 6.05. The van der Waals surface area contributed by atoms with Gasteiger partial charge in [0.1, 0.15) is 5.69 Å². The molecule has 12 nitrogen and oxygen atoms in total. The number of nitrogens with one attached hydrogen (secondary N) is 3. The molecular weight excluding hydrogens is 500 g/mol. The van der Waals surface area contributed by atoms with Crippen LogP contribution >= 0.6 is 11.3 Å². The summed E-state index contributed by atoms with van der Waals surface area (Å²) in [6.45, 7) is 2.83. The fourth-order valence-corrected chi connectivity index (χ4v) is 5.10. The lowest BCUT2D eigenvalue weighted by Crippen LogP contribution is -2.42. The van der Waals surface area contributed by atoms with Crippen molar-refractivity contribution in [2.45, 2.75) is 25.7 Å². The predicted molar refractivity (Wildman–Crippen MR) is 134 cm³/mol. The van der Waals surface area contributed by atoms with Crippen LogP contribution in [-0.4, -0.2) is 72.2 Å². The van der Waals surface area contributed by atoms with Crippen LogP contribution in [-0.2, 0) is 0 Å². The highest BCUT2D eigenvalue weighted by atomic mass is 32.1. The molecule has 1 fully saturated rings. The number of ether oxygens (including phenoxy) is 3. The number of thiazole rings is 1. The topological polar surface area (TPSA) is 148 Å². The Hall–Kier alpha value is -4.13. The molecular formula is C24H28N6O6S. The van der Waals surface area contributed by atoms with Crippen molar-refractivity contribution in [1.29, 1.82) is 0 Å². The zero-order valence-corrected chi connectivity index (χ0v) is 21.7. The first-order valence-corrected chi connectivity index (χ1v) is 12.4. The van der Waals surface area contributed by atoms with Gasteiger partial charge in [0.2, 0.25) is 5.75 Å². The number of carbonyl (C=O) groups is 3. The minimum atomic E-state index is -0.531. The van der Waals surface area contributed by atoms with Crippen molar-refractivity contribution in [2.24, 2.45) is 0 Å². The number of carbonyl (C=O) groups excluding carboxylic acids is 3. The first kappa shape index (κ1) is 25.9. The van der Waals surface area contributed by atoms with E-state index < -0.39 is 11.8 Å². The molecule has 0 saturated carbocycles. The number of aromatic nitrogens is 3. The van der Waals surface area contributed by atoms with Crippen LogP contribution in [0.4, 0.5) is 0 Å². The van der Waals surface area contributed by atoms with Crippen LogP contribution in [0.2, 0.25) is 0 Å². The first-order chi connectivity index (χ1) is 17.9. The van der Waals surface area contributed by atoms with Crippen molar-refractivity contribution in [3.63, 3.8) is 0 Å². The van der Waals surface area contributed by atoms with Gasteiger partial charge < -0.3 is 19.1 Å². The third kappa shape index (κ3) is 5.50. The summed E-state index contributed by atoms with van der Waals surface area (Å²) in [5.74, 6) is 0.0958. The lowest BCUT2D eigenvalue weighted by molar-refractivity contribution is 0.0708. The molecule has 196 valence electrons. The van der Waals surface area contributed by atoms with Gasteiger partial charge in [-0.25, -0.2) is 4.98 Å². The number of H-pyrrole nitrogens is 1. The van der Waals surface area contributed by atoms with Crippen LogP contribution in [0.3, 0.4) is 0 Å². The third-order valence-corrected chi connectivity index (χ3v) is 7.06. The van der Waals surface area contributed by atoms with Gasteiger partial charge in [-0.05, 0) is 38.0 Å². The van der Waals surface area contributed by atoms with Gasteiger partial charge in [-0.15, -0.1) is 11.3 Å². The van der Waals surface area contributed by atoms with E-state index in [0.717, 1.165) is 10.7 Å². The molecule has 13 heteroatoms. The van der Waals surface area contributed by atoms with E-state index in [1.54, 1.807) is 35.4 Å². The van der Waals surface area contributed by atoms with Crippen LogP contribution in [0, 0.1) is 6.92 Å².